The molecule has 0 amide bonds. The lowest BCUT2D eigenvalue weighted by atomic mass is 9.98. The van der Waals surface area contributed by atoms with E-state index >= 15 is 0 Å². The van der Waals surface area contributed by atoms with E-state index in [-0.39, 0.29) is 12.0 Å². The summed E-state index contributed by atoms with van der Waals surface area (Å²) in [4.78, 5) is 11.7. The van der Waals surface area contributed by atoms with E-state index in [1.54, 1.807) is 0 Å². The molecule has 0 fully saturated rings. The summed E-state index contributed by atoms with van der Waals surface area (Å²) in [6, 6.07) is 14.4. The van der Waals surface area contributed by atoms with Crippen LogP contribution >= 0.6 is 0 Å². The predicted molar refractivity (Wildman–Crippen MR) is 74.8 cm³/mol. The quantitative estimate of drug-likeness (QED) is 0.836. The van der Waals surface area contributed by atoms with Gasteiger partial charge < -0.3 is 10.1 Å². The normalized spacial score (nSPS) is 18.4. The number of nitrogens with one attached hydrogen (secondary N) is 1. The maximum absolute atomic E-state index is 11.7. The van der Waals surface area contributed by atoms with Gasteiger partial charge in [-0.05, 0) is 22.4 Å². The van der Waals surface area contributed by atoms with Crippen molar-refractivity contribution in [1.82, 2.24) is 5.32 Å². The number of benzene rings is 2. The first kappa shape index (κ1) is 11.9. The van der Waals surface area contributed by atoms with Crippen LogP contribution in [0.5, 0.6) is 0 Å². The van der Waals surface area contributed by atoms with Crippen LogP contribution in [0.25, 0.3) is 10.8 Å². The molecule has 0 saturated heterocycles. The third-order valence-electron chi connectivity index (χ3n) is 3.48. The van der Waals surface area contributed by atoms with Crippen molar-refractivity contribution in [2.45, 2.75) is 6.04 Å². The van der Waals surface area contributed by atoms with Crippen LogP contribution in [-0.2, 0) is 9.53 Å². The Morgan fingerprint density at radius 3 is 2.79 bits per heavy atom. The van der Waals surface area contributed by atoms with Crippen LogP contribution < -0.4 is 5.32 Å². The van der Waals surface area contributed by atoms with Crippen molar-refractivity contribution in [3.05, 3.63) is 59.7 Å². The Morgan fingerprint density at radius 1 is 1.21 bits per heavy atom. The molecular formula is C16H15NO2. The van der Waals surface area contributed by atoms with Crippen molar-refractivity contribution in [2.75, 3.05) is 13.7 Å². The largest absolute Gasteiger partial charge is 0.466 e. The Bertz CT molecular complexity index is 661. The van der Waals surface area contributed by atoms with Crippen molar-refractivity contribution in [2.24, 2.45) is 0 Å². The maximum Gasteiger partial charge on any atom is 0.335 e. The molecule has 1 atom stereocenters. The first-order valence-corrected chi connectivity index (χ1v) is 6.30. The second kappa shape index (κ2) is 4.86. The van der Waals surface area contributed by atoms with Gasteiger partial charge in [-0.15, -0.1) is 0 Å². The van der Waals surface area contributed by atoms with Crippen LogP contribution in [0.4, 0.5) is 0 Å². The summed E-state index contributed by atoms with van der Waals surface area (Å²) in [5.74, 6) is -0.261. The van der Waals surface area contributed by atoms with Gasteiger partial charge in [-0.25, -0.2) is 4.79 Å². The van der Waals surface area contributed by atoms with Gasteiger partial charge in [0.2, 0.25) is 0 Å². The zero-order valence-electron chi connectivity index (χ0n) is 10.7. The van der Waals surface area contributed by atoms with Gasteiger partial charge >= 0.3 is 5.97 Å². The van der Waals surface area contributed by atoms with Crippen LogP contribution in [0.1, 0.15) is 11.6 Å². The molecule has 2 aromatic carbocycles. The van der Waals surface area contributed by atoms with E-state index in [0.717, 1.165) is 5.56 Å². The number of carbonyl (C=O) groups excluding carboxylic acids is 1. The molecular weight excluding hydrogens is 238 g/mol. The minimum absolute atomic E-state index is 0.0722. The Balaban J connectivity index is 2.00. The van der Waals surface area contributed by atoms with Gasteiger partial charge in [-0.3, -0.25) is 0 Å². The fourth-order valence-corrected chi connectivity index (χ4v) is 2.52. The molecule has 0 aromatic heterocycles. The number of fused-ring (bicyclic) bond motifs is 1. The van der Waals surface area contributed by atoms with Gasteiger partial charge in [0.15, 0.2) is 0 Å². The minimum Gasteiger partial charge on any atom is -0.466 e. The van der Waals surface area contributed by atoms with Crippen molar-refractivity contribution in [3.8, 4) is 0 Å². The van der Waals surface area contributed by atoms with Crippen molar-refractivity contribution in [1.29, 1.82) is 0 Å². The van der Waals surface area contributed by atoms with Crippen molar-refractivity contribution < 1.29 is 9.53 Å². The van der Waals surface area contributed by atoms with Gasteiger partial charge in [-0.2, -0.15) is 0 Å². The molecule has 0 spiro atoms. The monoisotopic (exact) mass is 253 g/mol. The second-order valence-electron chi connectivity index (χ2n) is 4.60. The SMILES string of the molecule is COC(=O)C1=CCNC1c1ccc2ccccc2c1. The van der Waals surface area contributed by atoms with Crippen molar-refractivity contribution >= 4 is 16.7 Å². The Morgan fingerprint density at radius 2 is 2.00 bits per heavy atom. The fourth-order valence-electron chi connectivity index (χ4n) is 2.52. The molecule has 1 aliphatic rings. The first-order valence-electron chi connectivity index (χ1n) is 6.30. The molecule has 3 nitrogen and oxygen atoms in total. The summed E-state index contributed by atoms with van der Waals surface area (Å²) >= 11 is 0. The number of hydrogen-bond donors (Lipinski definition) is 1. The molecule has 1 heterocycles. The number of carbonyl (C=O) groups is 1. The molecule has 0 bridgehead atoms. The Hall–Kier alpha value is -2.13. The molecule has 1 aliphatic heterocycles. The fraction of sp³-hybridized carbons (Fsp3) is 0.188. The highest BCUT2D eigenvalue weighted by Crippen LogP contribution is 2.28. The molecule has 1 N–H and O–H groups in total. The van der Waals surface area contributed by atoms with E-state index in [9.17, 15) is 4.79 Å². The van der Waals surface area contributed by atoms with Gasteiger partial charge in [0.1, 0.15) is 0 Å². The predicted octanol–water partition coefficient (Wildman–Crippen LogP) is 2.58. The third kappa shape index (κ3) is 2.13. The molecule has 3 rings (SSSR count). The average molecular weight is 253 g/mol. The van der Waals surface area contributed by atoms with E-state index in [0.29, 0.717) is 12.1 Å². The molecule has 3 heteroatoms. The summed E-state index contributed by atoms with van der Waals surface area (Å²) in [5, 5.41) is 5.69. The average Bonchev–Trinajstić information content (AvgIpc) is 2.95. The summed E-state index contributed by atoms with van der Waals surface area (Å²) in [5.41, 5.74) is 1.78. The highest BCUT2D eigenvalue weighted by atomic mass is 16.5. The molecule has 2 aromatic rings. The van der Waals surface area contributed by atoms with Crippen LogP contribution in [0, 0.1) is 0 Å². The van der Waals surface area contributed by atoms with E-state index in [1.165, 1.54) is 17.9 Å². The topological polar surface area (TPSA) is 38.3 Å². The number of rotatable bonds is 2. The summed E-state index contributed by atoms with van der Waals surface area (Å²) in [6.07, 6.45) is 1.89. The van der Waals surface area contributed by atoms with E-state index in [1.807, 2.05) is 18.2 Å². The minimum atomic E-state index is -0.261. The highest BCUT2D eigenvalue weighted by Gasteiger charge is 2.26. The van der Waals surface area contributed by atoms with Crippen LogP contribution in [0.3, 0.4) is 0 Å². The van der Waals surface area contributed by atoms with Gasteiger partial charge in [-0.1, -0.05) is 42.5 Å². The van der Waals surface area contributed by atoms with Crippen LogP contribution in [-0.4, -0.2) is 19.6 Å². The zero-order valence-corrected chi connectivity index (χ0v) is 10.7. The molecule has 0 aliphatic carbocycles. The Labute approximate surface area is 111 Å². The molecule has 96 valence electrons. The van der Waals surface area contributed by atoms with Crippen molar-refractivity contribution in [3.63, 3.8) is 0 Å². The standard InChI is InChI=1S/C16H15NO2/c1-19-16(18)14-8-9-17-15(14)13-7-6-11-4-2-3-5-12(11)10-13/h2-8,10,15,17H,9H2,1H3. The van der Waals surface area contributed by atoms with Crippen LogP contribution in [0.2, 0.25) is 0 Å². The van der Waals surface area contributed by atoms with Gasteiger partial charge in [0.05, 0.1) is 18.7 Å². The second-order valence-corrected chi connectivity index (χ2v) is 4.60. The number of hydrogen-bond acceptors (Lipinski definition) is 3. The summed E-state index contributed by atoms with van der Waals surface area (Å²) in [7, 11) is 1.42. The van der Waals surface area contributed by atoms with E-state index < -0.39 is 0 Å². The maximum atomic E-state index is 11.7. The first-order chi connectivity index (χ1) is 9.29. The smallest absolute Gasteiger partial charge is 0.335 e. The molecule has 0 saturated carbocycles. The molecule has 1 unspecified atom stereocenters. The van der Waals surface area contributed by atoms with Crippen LogP contribution in [0.15, 0.2) is 54.1 Å². The lowest BCUT2D eigenvalue weighted by Crippen LogP contribution is -2.20. The third-order valence-corrected chi connectivity index (χ3v) is 3.48. The number of esters is 1. The highest BCUT2D eigenvalue weighted by molar-refractivity contribution is 5.91. The molecule has 19 heavy (non-hydrogen) atoms. The van der Waals surface area contributed by atoms with Gasteiger partial charge in [0.25, 0.3) is 0 Å². The summed E-state index contributed by atoms with van der Waals surface area (Å²) < 4.78 is 4.83. The van der Waals surface area contributed by atoms with Gasteiger partial charge in [0, 0.05) is 6.54 Å². The zero-order chi connectivity index (χ0) is 13.2. The number of ether oxygens (including phenoxy) is 1. The van der Waals surface area contributed by atoms with E-state index in [4.69, 9.17) is 4.74 Å². The summed E-state index contributed by atoms with van der Waals surface area (Å²) in [6.45, 7) is 0.696. The Kier molecular flexibility index (Phi) is 3.05. The van der Waals surface area contributed by atoms with E-state index in [2.05, 4.69) is 35.6 Å². The number of methoxy groups -OCH3 is 1. The lowest BCUT2D eigenvalue weighted by Gasteiger charge is -2.15. The molecule has 0 radical (unpaired) electrons. The lowest BCUT2D eigenvalue weighted by molar-refractivity contribution is -0.136.